The number of nitrogens with two attached hydrogens (primary N) is 1. The van der Waals surface area contributed by atoms with Gasteiger partial charge in [0.2, 0.25) is 15.9 Å². The number of sulfonamides is 1. The van der Waals surface area contributed by atoms with Gasteiger partial charge in [0, 0.05) is 37.8 Å². The highest BCUT2D eigenvalue weighted by atomic mass is 32.2. The number of rotatable bonds is 5. The molecule has 1 aliphatic carbocycles. The van der Waals surface area contributed by atoms with E-state index in [-0.39, 0.29) is 22.8 Å². The standard InChI is InChI=1S/C19H30N4O3S/c1-22-9-4-10-23(12-11-22)27(25,26)17-7-3-6-16(14-17)21-19(24)13-15-5-2-8-18(15)20/h3,6-7,14-15,18H,2,4-5,8-13,20H2,1H3,(H,21,24)/t15-,18+/m0/s1. The van der Waals surface area contributed by atoms with Gasteiger partial charge in [0.15, 0.2) is 0 Å². The van der Waals surface area contributed by atoms with Crippen LogP contribution in [0.2, 0.25) is 0 Å². The van der Waals surface area contributed by atoms with Crippen LogP contribution in [0.4, 0.5) is 5.69 Å². The molecule has 8 heteroatoms. The summed E-state index contributed by atoms with van der Waals surface area (Å²) in [5.74, 6) is 0.106. The van der Waals surface area contributed by atoms with Crippen molar-refractivity contribution < 1.29 is 13.2 Å². The van der Waals surface area contributed by atoms with Crippen molar-refractivity contribution in [2.24, 2.45) is 11.7 Å². The highest BCUT2D eigenvalue weighted by molar-refractivity contribution is 7.89. The molecular weight excluding hydrogens is 364 g/mol. The van der Waals surface area contributed by atoms with E-state index in [1.165, 1.54) is 4.31 Å². The summed E-state index contributed by atoms with van der Waals surface area (Å²) >= 11 is 0. The third-order valence-corrected chi connectivity index (χ3v) is 7.49. The molecule has 27 heavy (non-hydrogen) atoms. The van der Waals surface area contributed by atoms with Crippen LogP contribution in [0, 0.1) is 5.92 Å². The van der Waals surface area contributed by atoms with E-state index < -0.39 is 10.0 Å². The van der Waals surface area contributed by atoms with Crippen molar-refractivity contribution >= 4 is 21.6 Å². The third-order valence-electron chi connectivity index (χ3n) is 5.60. The Bertz CT molecular complexity index is 768. The lowest BCUT2D eigenvalue weighted by atomic mass is 10.00. The first-order chi connectivity index (χ1) is 12.9. The van der Waals surface area contributed by atoms with E-state index in [4.69, 9.17) is 5.73 Å². The zero-order chi connectivity index (χ0) is 19.4. The highest BCUT2D eigenvalue weighted by Crippen LogP contribution is 2.27. The van der Waals surface area contributed by atoms with Crippen LogP contribution in [0.15, 0.2) is 29.2 Å². The highest BCUT2D eigenvalue weighted by Gasteiger charge is 2.28. The Hall–Kier alpha value is -1.48. The Kier molecular flexibility index (Phi) is 6.52. The van der Waals surface area contributed by atoms with Gasteiger partial charge in [-0.2, -0.15) is 4.31 Å². The topological polar surface area (TPSA) is 95.7 Å². The van der Waals surface area contributed by atoms with Crippen molar-refractivity contribution in [2.45, 2.75) is 43.0 Å². The number of amides is 1. The number of benzene rings is 1. The maximum Gasteiger partial charge on any atom is 0.243 e. The summed E-state index contributed by atoms with van der Waals surface area (Å²) in [7, 11) is -1.56. The predicted octanol–water partition coefficient (Wildman–Crippen LogP) is 1.47. The quantitative estimate of drug-likeness (QED) is 0.788. The maximum atomic E-state index is 13.0. The molecule has 150 valence electrons. The lowest BCUT2D eigenvalue weighted by Crippen LogP contribution is -2.34. The molecule has 3 N–H and O–H groups in total. The molecular formula is C19H30N4O3S. The van der Waals surface area contributed by atoms with Crippen molar-refractivity contribution in [1.82, 2.24) is 9.21 Å². The van der Waals surface area contributed by atoms with Crippen LogP contribution in [0.25, 0.3) is 0 Å². The van der Waals surface area contributed by atoms with Gasteiger partial charge in [-0.05, 0) is 57.0 Å². The summed E-state index contributed by atoms with van der Waals surface area (Å²) in [6.07, 6.45) is 4.21. The number of nitrogens with one attached hydrogen (secondary N) is 1. The van der Waals surface area contributed by atoms with Gasteiger partial charge in [-0.3, -0.25) is 4.79 Å². The molecule has 0 aromatic heterocycles. The largest absolute Gasteiger partial charge is 0.327 e. The number of likely N-dealkylation sites (N-methyl/N-ethyl adjacent to an activating group) is 1. The smallest absolute Gasteiger partial charge is 0.243 e. The minimum atomic E-state index is -3.56. The molecule has 2 aliphatic rings. The zero-order valence-corrected chi connectivity index (χ0v) is 16.7. The average Bonchev–Trinajstić information content (AvgIpc) is 2.89. The van der Waals surface area contributed by atoms with E-state index in [1.807, 2.05) is 7.05 Å². The molecule has 1 saturated carbocycles. The van der Waals surface area contributed by atoms with E-state index in [9.17, 15) is 13.2 Å². The van der Waals surface area contributed by atoms with E-state index in [0.29, 0.717) is 25.2 Å². The van der Waals surface area contributed by atoms with Gasteiger partial charge >= 0.3 is 0 Å². The molecule has 0 bridgehead atoms. The fraction of sp³-hybridized carbons (Fsp3) is 0.632. The van der Waals surface area contributed by atoms with Gasteiger partial charge in [-0.15, -0.1) is 0 Å². The molecule has 2 fully saturated rings. The minimum absolute atomic E-state index is 0.0867. The second-order valence-electron chi connectivity index (χ2n) is 7.70. The molecule has 1 saturated heterocycles. The summed E-state index contributed by atoms with van der Waals surface area (Å²) in [5, 5.41) is 2.84. The Balaban J connectivity index is 1.68. The molecule has 7 nitrogen and oxygen atoms in total. The first kappa shape index (κ1) is 20.3. The first-order valence-corrected chi connectivity index (χ1v) is 11.1. The van der Waals surface area contributed by atoms with E-state index in [2.05, 4.69) is 10.2 Å². The van der Waals surface area contributed by atoms with Crippen molar-refractivity contribution in [3.05, 3.63) is 24.3 Å². The van der Waals surface area contributed by atoms with Crippen LogP contribution < -0.4 is 11.1 Å². The Labute approximate surface area is 161 Å². The second kappa shape index (κ2) is 8.68. The molecule has 0 radical (unpaired) electrons. The first-order valence-electron chi connectivity index (χ1n) is 9.70. The van der Waals surface area contributed by atoms with Gasteiger partial charge in [0.25, 0.3) is 0 Å². The third kappa shape index (κ3) is 5.07. The summed E-state index contributed by atoms with van der Waals surface area (Å²) in [6, 6.07) is 6.63. The molecule has 1 aromatic rings. The molecule has 1 heterocycles. The second-order valence-corrected chi connectivity index (χ2v) is 9.63. The molecule has 0 spiro atoms. The number of carbonyl (C=O) groups is 1. The summed E-state index contributed by atoms with van der Waals surface area (Å²) in [6.45, 7) is 2.61. The number of anilines is 1. The number of nitrogens with zero attached hydrogens (tertiary/aromatic N) is 2. The van der Waals surface area contributed by atoms with Crippen LogP contribution in [0.5, 0.6) is 0 Å². The molecule has 1 aliphatic heterocycles. The fourth-order valence-electron chi connectivity index (χ4n) is 3.92. The van der Waals surface area contributed by atoms with Crippen LogP contribution in [-0.2, 0) is 14.8 Å². The SMILES string of the molecule is CN1CCCN(S(=O)(=O)c2cccc(NC(=O)C[C@@H]3CCC[C@H]3N)c2)CC1. The predicted molar refractivity (Wildman–Crippen MR) is 106 cm³/mol. The van der Waals surface area contributed by atoms with Crippen LogP contribution in [-0.4, -0.2) is 62.8 Å². The minimum Gasteiger partial charge on any atom is -0.327 e. The van der Waals surface area contributed by atoms with Gasteiger partial charge < -0.3 is 16.0 Å². The summed E-state index contributed by atoms with van der Waals surface area (Å²) in [5.41, 5.74) is 6.55. The van der Waals surface area contributed by atoms with E-state index in [1.54, 1.807) is 24.3 Å². The van der Waals surface area contributed by atoms with Gasteiger partial charge in [-0.25, -0.2) is 8.42 Å². The number of hydrogen-bond donors (Lipinski definition) is 2. The van der Waals surface area contributed by atoms with Crippen LogP contribution in [0.3, 0.4) is 0 Å². The lowest BCUT2D eigenvalue weighted by Gasteiger charge is -2.20. The van der Waals surface area contributed by atoms with Crippen molar-refractivity contribution in [3.63, 3.8) is 0 Å². The molecule has 1 amide bonds. The normalized spacial score (nSPS) is 25.3. The van der Waals surface area contributed by atoms with Gasteiger partial charge in [0.1, 0.15) is 0 Å². The maximum absolute atomic E-state index is 13.0. The summed E-state index contributed by atoms with van der Waals surface area (Å²) in [4.78, 5) is 14.7. The van der Waals surface area contributed by atoms with Gasteiger partial charge in [-0.1, -0.05) is 12.5 Å². The number of hydrogen-bond acceptors (Lipinski definition) is 5. The van der Waals surface area contributed by atoms with Crippen LogP contribution in [0.1, 0.15) is 32.1 Å². The fourth-order valence-corrected chi connectivity index (χ4v) is 5.43. The van der Waals surface area contributed by atoms with Crippen molar-refractivity contribution in [1.29, 1.82) is 0 Å². The number of carbonyl (C=O) groups excluding carboxylic acids is 1. The molecule has 0 unspecified atom stereocenters. The molecule has 2 atom stereocenters. The van der Waals surface area contributed by atoms with Crippen molar-refractivity contribution in [3.8, 4) is 0 Å². The Morgan fingerprint density at radius 1 is 1.19 bits per heavy atom. The van der Waals surface area contributed by atoms with Crippen LogP contribution >= 0.6 is 0 Å². The van der Waals surface area contributed by atoms with E-state index in [0.717, 1.165) is 38.8 Å². The summed E-state index contributed by atoms with van der Waals surface area (Å²) < 4.78 is 27.5. The lowest BCUT2D eigenvalue weighted by molar-refractivity contribution is -0.117. The molecule has 3 rings (SSSR count). The van der Waals surface area contributed by atoms with Gasteiger partial charge in [0.05, 0.1) is 4.90 Å². The van der Waals surface area contributed by atoms with E-state index >= 15 is 0 Å². The zero-order valence-electron chi connectivity index (χ0n) is 15.9. The Morgan fingerprint density at radius 2 is 2.00 bits per heavy atom. The Morgan fingerprint density at radius 3 is 2.74 bits per heavy atom. The average molecular weight is 395 g/mol. The van der Waals surface area contributed by atoms with Crippen molar-refractivity contribution in [2.75, 3.05) is 38.5 Å². The molecule has 1 aromatic carbocycles. The monoisotopic (exact) mass is 394 g/mol.